The number of hydrogen-bond acceptors (Lipinski definition) is 3. The van der Waals surface area contributed by atoms with Crippen molar-refractivity contribution in [1.29, 1.82) is 0 Å². The molecule has 0 radical (unpaired) electrons. The molecule has 1 N–H and O–H groups in total. The third kappa shape index (κ3) is 5.13. The van der Waals surface area contributed by atoms with Gasteiger partial charge in [-0.1, -0.05) is 42.5 Å². The summed E-state index contributed by atoms with van der Waals surface area (Å²) < 4.78 is 11.2. The maximum atomic E-state index is 10.7. The zero-order valence-electron chi connectivity index (χ0n) is 16.1. The van der Waals surface area contributed by atoms with Crippen LogP contribution in [0.5, 0.6) is 11.5 Å². The van der Waals surface area contributed by atoms with Gasteiger partial charge in [0.2, 0.25) is 0 Å². The van der Waals surface area contributed by atoms with E-state index in [2.05, 4.69) is 31.2 Å². The minimum Gasteiger partial charge on any atom is -0.497 e. The number of aliphatic carboxylic acids is 1. The van der Waals surface area contributed by atoms with Crippen molar-refractivity contribution in [2.45, 2.75) is 26.4 Å². The van der Waals surface area contributed by atoms with Crippen LogP contribution in [-0.4, -0.2) is 18.2 Å². The number of rotatable bonds is 8. The largest absolute Gasteiger partial charge is 0.497 e. The fourth-order valence-corrected chi connectivity index (χ4v) is 3.14. The van der Waals surface area contributed by atoms with E-state index in [4.69, 9.17) is 14.6 Å². The van der Waals surface area contributed by atoms with Gasteiger partial charge in [-0.2, -0.15) is 0 Å². The lowest BCUT2D eigenvalue weighted by Crippen LogP contribution is -1.99. The van der Waals surface area contributed by atoms with E-state index >= 15 is 0 Å². The Morgan fingerprint density at radius 1 is 0.929 bits per heavy atom. The average Bonchev–Trinajstić information content (AvgIpc) is 2.71. The first-order valence-electron chi connectivity index (χ1n) is 9.22. The van der Waals surface area contributed by atoms with Crippen molar-refractivity contribution in [1.82, 2.24) is 0 Å². The van der Waals surface area contributed by atoms with Crippen molar-refractivity contribution < 1.29 is 19.4 Å². The van der Waals surface area contributed by atoms with E-state index in [1.807, 2.05) is 42.5 Å². The highest BCUT2D eigenvalue weighted by Gasteiger charge is 2.06. The molecule has 0 heterocycles. The van der Waals surface area contributed by atoms with E-state index in [1.165, 1.54) is 11.1 Å². The van der Waals surface area contributed by atoms with Gasteiger partial charge in [0.1, 0.15) is 18.1 Å². The van der Waals surface area contributed by atoms with Crippen molar-refractivity contribution in [3.63, 3.8) is 0 Å². The normalized spacial score (nSPS) is 10.5. The summed E-state index contributed by atoms with van der Waals surface area (Å²) in [5.41, 5.74) is 5.50. The molecule has 3 aromatic carbocycles. The predicted molar refractivity (Wildman–Crippen MR) is 110 cm³/mol. The second-order valence-electron chi connectivity index (χ2n) is 6.71. The first-order valence-corrected chi connectivity index (χ1v) is 9.22. The van der Waals surface area contributed by atoms with Crippen LogP contribution < -0.4 is 9.47 Å². The van der Waals surface area contributed by atoms with Crippen LogP contribution in [0.15, 0.2) is 66.7 Å². The average molecular weight is 376 g/mol. The lowest BCUT2D eigenvalue weighted by Gasteiger charge is -2.12. The number of methoxy groups -OCH3 is 1. The van der Waals surface area contributed by atoms with Gasteiger partial charge in [0, 0.05) is 6.42 Å². The maximum Gasteiger partial charge on any atom is 0.303 e. The Kier molecular flexibility index (Phi) is 6.33. The molecule has 0 saturated carbocycles. The Labute approximate surface area is 165 Å². The van der Waals surface area contributed by atoms with Gasteiger partial charge in [-0.15, -0.1) is 0 Å². The zero-order valence-corrected chi connectivity index (χ0v) is 16.1. The second-order valence-corrected chi connectivity index (χ2v) is 6.71. The minimum atomic E-state index is -0.794. The zero-order chi connectivity index (χ0) is 19.9. The van der Waals surface area contributed by atoms with Gasteiger partial charge in [0.15, 0.2) is 0 Å². The van der Waals surface area contributed by atoms with Crippen molar-refractivity contribution in [3.8, 4) is 22.6 Å². The van der Waals surface area contributed by atoms with Crippen LogP contribution >= 0.6 is 0 Å². The molecule has 4 heteroatoms. The molecule has 0 aliphatic rings. The smallest absolute Gasteiger partial charge is 0.303 e. The molecule has 0 saturated heterocycles. The highest BCUT2D eigenvalue weighted by molar-refractivity contribution is 5.69. The second kappa shape index (κ2) is 9.09. The van der Waals surface area contributed by atoms with Gasteiger partial charge in [-0.3, -0.25) is 4.79 Å². The molecule has 28 heavy (non-hydrogen) atoms. The summed E-state index contributed by atoms with van der Waals surface area (Å²) in [6, 6.07) is 21.9. The Balaban J connectivity index is 1.68. The predicted octanol–water partition coefficient (Wildman–Crippen LogP) is 5.27. The Bertz CT molecular complexity index is 962. The number of benzene rings is 3. The lowest BCUT2D eigenvalue weighted by atomic mass is 9.98. The first-order chi connectivity index (χ1) is 13.5. The summed E-state index contributed by atoms with van der Waals surface area (Å²) in [6.07, 6.45) is 0.620. The van der Waals surface area contributed by atoms with E-state index in [1.54, 1.807) is 7.11 Å². The summed E-state index contributed by atoms with van der Waals surface area (Å²) in [7, 11) is 1.67. The van der Waals surface area contributed by atoms with Crippen LogP contribution in [0.2, 0.25) is 0 Å². The van der Waals surface area contributed by atoms with E-state index in [0.29, 0.717) is 13.0 Å². The number of ether oxygens (including phenoxy) is 2. The van der Waals surface area contributed by atoms with Gasteiger partial charge in [-0.25, -0.2) is 0 Å². The molecule has 0 aliphatic heterocycles. The Morgan fingerprint density at radius 3 is 2.46 bits per heavy atom. The van der Waals surface area contributed by atoms with Gasteiger partial charge in [-0.05, 0) is 65.4 Å². The van der Waals surface area contributed by atoms with Crippen molar-refractivity contribution in [2.24, 2.45) is 0 Å². The number of aryl methyl sites for hydroxylation is 2. The molecule has 0 atom stereocenters. The summed E-state index contributed by atoms with van der Waals surface area (Å²) in [5.74, 6) is 0.794. The summed E-state index contributed by atoms with van der Waals surface area (Å²) in [5, 5.41) is 8.82. The molecule has 0 bridgehead atoms. The molecule has 3 aromatic rings. The Morgan fingerprint density at radius 2 is 1.71 bits per heavy atom. The molecular formula is C24H24O4. The van der Waals surface area contributed by atoms with Crippen LogP contribution in [0.1, 0.15) is 23.1 Å². The molecule has 0 unspecified atom stereocenters. The van der Waals surface area contributed by atoms with Crippen molar-refractivity contribution in [3.05, 3.63) is 83.4 Å². The number of hydrogen-bond donors (Lipinski definition) is 1. The monoisotopic (exact) mass is 376 g/mol. The lowest BCUT2D eigenvalue weighted by molar-refractivity contribution is -0.136. The standard InChI is InChI=1S/C24H24O4/c1-17-13-19(9-11-23(17)20-6-4-7-21(15-20)27-2)16-28-22-8-3-5-18(14-22)10-12-24(25)26/h3-9,11,13-15H,10,12,16H2,1-2H3,(H,25,26). The van der Waals surface area contributed by atoms with E-state index in [-0.39, 0.29) is 6.42 Å². The van der Waals surface area contributed by atoms with Crippen molar-refractivity contribution in [2.75, 3.05) is 7.11 Å². The van der Waals surface area contributed by atoms with Crippen LogP contribution in [0.3, 0.4) is 0 Å². The number of carbonyl (C=O) groups is 1. The fraction of sp³-hybridized carbons (Fsp3) is 0.208. The molecule has 0 fully saturated rings. The van der Waals surface area contributed by atoms with E-state index in [9.17, 15) is 4.79 Å². The minimum absolute atomic E-state index is 0.119. The highest BCUT2D eigenvalue weighted by Crippen LogP contribution is 2.27. The molecule has 0 aromatic heterocycles. The quantitative estimate of drug-likeness (QED) is 0.582. The molecular weight excluding hydrogens is 352 g/mol. The third-order valence-electron chi connectivity index (χ3n) is 4.60. The first kappa shape index (κ1) is 19.5. The SMILES string of the molecule is COc1cccc(-c2ccc(COc3cccc(CCC(=O)O)c3)cc2C)c1. The topological polar surface area (TPSA) is 55.8 Å². The van der Waals surface area contributed by atoms with Crippen LogP contribution in [0.4, 0.5) is 0 Å². The van der Waals surface area contributed by atoms with Gasteiger partial charge in [0.25, 0.3) is 0 Å². The summed E-state index contributed by atoms with van der Waals surface area (Å²) in [4.78, 5) is 10.7. The molecule has 0 spiro atoms. The van der Waals surface area contributed by atoms with Crippen LogP contribution in [-0.2, 0) is 17.8 Å². The highest BCUT2D eigenvalue weighted by atomic mass is 16.5. The van der Waals surface area contributed by atoms with E-state index in [0.717, 1.165) is 28.2 Å². The maximum absolute atomic E-state index is 10.7. The summed E-state index contributed by atoms with van der Waals surface area (Å²) in [6.45, 7) is 2.55. The van der Waals surface area contributed by atoms with E-state index < -0.39 is 5.97 Å². The van der Waals surface area contributed by atoms with Gasteiger partial charge in [0.05, 0.1) is 7.11 Å². The van der Waals surface area contributed by atoms with Crippen LogP contribution in [0, 0.1) is 6.92 Å². The van der Waals surface area contributed by atoms with Crippen LogP contribution in [0.25, 0.3) is 11.1 Å². The molecule has 3 rings (SSSR count). The fourth-order valence-electron chi connectivity index (χ4n) is 3.14. The Hall–Kier alpha value is -3.27. The third-order valence-corrected chi connectivity index (χ3v) is 4.60. The molecule has 4 nitrogen and oxygen atoms in total. The number of carboxylic acid groups (broad SMARTS) is 1. The summed E-state index contributed by atoms with van der Waals surface area (Å²) >= 11 is 0. The van der Waals surface area contributed by atoms with Gasteiger partial charge < -0.3 is 14.6 Å². The molecule has 0 amide bonds. The molecule has 0 aliphatic carbocycles. The van der Waals surface area contributed by atoms with Crippen molar-refractivity contribution >= 4 is 5.97 Å². The van der Waals surface area contributed by atoms with Gasteiger partial charge >= 0.3 is 5.97 Å². The number of carboxylic acids is 1. The molecule has 144 valence electrons.